The van der Waals surface area contributed by atoms with Crippen molar-refractivity contribution in [1.29, 1.82) is 0 Å². The number of aromatic nitrogens is 1. The van der Waals surface area contributed by atoms with E-state index in [1.54, 1.807) is 11.3 Å². The summed E-state index contributed by atoms with van der Waals surface area (Å²) in [7, 11) is 0. The van der Waals surface area contributed by atoms with E-state index >= 15 is 0 Å². The number of aliphatic imine (C=N–C) groups is 1. The Morgan fingerprint density at radius 2 is 1.86 bits per heavy atom. The van der Waals surface area contributed by atoms with Crippen LogP contribution in [0.2, 0.25) is 0 Å². The van der Waals surface area contributed by atoms with Crippen molar-refractivity contribution in [2.24, 2.45) is 4.99 Å². The van der Waals surface area contributed by atoms with E-state index in [2.05, 4.69) is 9.98 Å². The Morgan fingerprint density at radius 1 is 1.14 bits per heavy atom. The Hall–Kier alpha value is -2.18. The Bertz CT molecular complexity index is 843. The van der Waals surface area contributed by atoms with Crippen LogP contribution in [0.25, 0.3) is 10.6 Å². The van der Waals surface area contributed by atoms with Gasteiger partial charge in [0.15, 0.2) is 5.88 Å². The van der Waals surface area contributed by atoms with E-state index in [1.165, 1.54) is 11.3 Å². The molecule has 0 saturated heterocycles. The molecule has 104 valence electrons. The first-order valence-electron chi connectivity index (χ1n) is 6.37. The number of carbonyl (C=O) groups excluding carboxylic acids is 1. The number of H-pyrrole nitrogens is 1. The van der Waals surface area contributed by atoms with Gasteiger partial charge in [-0.15, -0.1) is 22.7 Å². The van der Waals surface area contributed by atoms with Crippen LogP contribution in [0, 0.1) is 0 Å². The molecule has 4 nitrogen and oxygen atoms in total. The van der Waals surface area contributed by atoms with Gasteiger partial charge in [0.2, 0.25) is 0 Å². The van der Waals surface area contributed by atoms with Gasteiger partial charge >= 0.3 is 0 Å². The lowest BCUT2D eigenvalue weighted by Gasteiger charge is -2.12. The molecule has 0 spiro atoms. The van der Waals surface area contributed by atoms with Crippen molar-refractivity contribution in [3.8, 4) is 16.5 Å². The second kappa shape index (κ2) is 4.68. The number of nitrogens with one attached hydrogen (secondary N) is 1. The minimum atomic E-state index is -0.178. The van der Waals surface area contributed by atoms with Crippen LogP contribution >= 0.6 is 22.7 Å². The molecule has 3 aromatic heterocycles. The van der Waals surface area contributed by atoms with E-state index in [-0.39, 0.29) is 18.2 Å². The number of aromatic hydroxyl groups is 1. The molecule has 0 radical (unpaired) electrons. The summed E-state index contributed by atoms with van der Waals surface area (Å²) >= 11 is 3.08. The molecule has 4 heterocycles. The van der Waals surface area contributed by atoms with Crippen LogP contribution in [0.3, 0.4) is 0 Å². The summed E-state index contributed by atoms with van der Waals surface area (Å²) in [6, 6.07) is 7.73. The summed E-state index contributed by atoms with van der Waals surface area (Å²) in [6.45, 7) is 0. The van der Waals surface area contributed by atoms with E-state index < -0.39 is 0 Å². The minimum absolute atomic E-state index is 0.0769. The average molecular weight is 314 g/mol. The number of fused-ring (bicyclic) bond motifs is 1. The molecule has 1 amide bonds. The first-order chi connectivity index (χ1) is 10.2. The van der Waals surface area contributed by atoms with E-state index in [9.17, 15) is 9.90 Å². The summed E-state index contributed by atoms with van der Waals surface area (Å²) < 4.78 is 0. The predicted octanol–water partition coefficient (Wildman–Crippen LogP) is 3.43. The van der Waals surface area contributed by atoms with Gasteiger partial charge in [-0.05, 0) is 22.9 Å². The molecule has 1 aliphatic heterocycles. The summed E-state index contributed by atoms with van der Waals surface area (Å²) in [5, 5.41) is 14.2. The fourth-order valence-corrected chi connectivity index (χ4v) is 4.02. The van der Waals surface area contributed by atoms with E-state index in [1.807, 2.05) is 35.0 Å². The molecular weight excluding hydrogens is 304 g/mol. The van der Waals surface area contributed by atoms with Crippen molar-refractivity contribution in [1.82, 2.24) is 4.98 Å². The predicted molar refractivity (Wildman–Crippen MR) is 84.4 cm³/mol. The molecule has 1 aliphatic rings. The van der Waals surface area contributed by atoms with E-state index in [0.29, 0.717) is 11.3 Å². The summed E-state index contributed by atoms with van der Waals surface area (Å²) in [5.74, 6) is -0.101. The summed E-state index contributed by atoms with van der Waals surface area (Å²) in [5.41, 5.74) is 2.86. The third kappa shape index (κ3) is 1.95. The Kier molecular flexibility index (Phi) is 2.80. The zero-order valence-electron chi connectivity index (χ0n) is 10.8. The van der Waals surface area contributed by atoms with Crippen LogP contribution in [0.4, 0.5) is 0 Å². The highest BCUT2D eigenvalue weighted by Crippen LogP contribution is 2.38. The van der Waals surface area contributed by atoms with Crippen LogP contribution in [-0.4, -0.2) is 21.7 Å². The number of rotatable bonds is 2. The summed E-state index contributed by atoms with van der Waals surface area (Å²) in [4.78, 5) is 21.0. The first-order valence-corrected chi connectivity index (χ1v) is 8.13. The molecule has 21 heavy (non-hydrogen) atoms. The molecule has 0 saturated carbocycles. The normalized spacial score (nSPS) is 14.1. The lowest BCUT2D eigenvalue weighted by atomic mass is 9.98. The Labute approximate surface area is 128 Å². The van der Waals surface area contributed by atoms with Crippen molar-refractivity contribution >= 4 is 34.3 Å². The van der Waals surface area contributed by atoms with Gasteiger partial charge in [0.05, 0.1) is 33.1 Å². The number of hydrogen-bond acceptors (Lipinski definition) is 4. The maximum atomic E-state index is 12.0. The molecule has 0 atom stereocenters. The number of thiophene rings is 2. The smallest absolute Gasteiger partial charge is 0.250 e. The fraction of sp³-hybridized carbons (Fsp3) is 0.0667. The number of nitrogens with zero attached hydrogens (tertiary/aromatic N) is 1. The van der Waals surface area contributed by atoms with Crippen molar-refractivity contribution in [2.75, 3.05) is 0 Å². The average Bonchev–Trinajstić information content (AvgIpc) is 3.18. The molecule has 2 N–H and O–H groups in total. The second-order valence-corrected chi connectivity index (χ2v) is 6.58. The van der Waals surface area contributed by atoms with Crippen LogP contribution in [-0.2, 0) is 11.2 Å². The van der Waals surface area contributed by atoms with Gasteiger partial charge in [-0.2, -0.15) is 0 Å². The topological polar surface area (TPSA) is 65.5 Å². The number of aromatic amines is 1. The molecule has 0 bridgehead atoms. The number of amides is 1. The molecule has 0 fully saturated rings. The van der Waals surface area contributed by atoms with Gasteiger partial charge in [0, 0.05) is 5.56 Å². The maximum absolute atomic E-state index is 12.0. The van der Waals surface area contributed by atoms with Crippen molar-refractivity contribution in [3.05, 3.63) is 51.0 Å². The van der Waals surface area contributed by atoms with Gasteiger partial charge in [-0.25, -0.2) is 4.99 Å². The van der Waals surface area contributed by atoms with Crippen LogP contribution in [0.1, 0.15) is 16.0 Å². The van der Waals surface area contributed by atoms with E-state index in [0.717, 1.165) is 21.0 Å². The lowest BCUT2D eigenvalue weighted by Crippen LogP contribution is -2.16. The molecule has 0 unspecified atom stereocenters. The molecule has 4 rings (SSSR count). The summed E-state index contributed by atoms with van der Waals surface area (Å²) in [6.07, 6.45) is 0.217. The standard InChI is InChI=1S/C15H10N2O2S2/c18-11-7-8-12(14(16-11)10-4-2-6-21-10)15(19)17-13(8)9-3-1-5-20-9/h1-6,17,19H,7H2. The fourth-order valence-electron chi connectivity index (χ4n) is 2.55. The van der Waals surface area contributed by atoms with Gasteiger partial charge in [0.25, 0.3) is 5.91 Å². The zero-order valence-corrected chi connectivity index (χ0v) is 12.4. The van der Waals surface area contributed by atoms with Gasteiger partial charge in [-0.1, -0.05) is 12.1 Å². The minimum Gasteiger partial charge on any atom is -0.494 e. The first kappa shape index (κ1) is 12.6. The SMILES string of the molecule is O=C1Cc2c(-c3cccs3)[nH]c(O)c2C(c2cccs2)=N1. The number of hydrogen-bond donors (Lipinski definition) is 2. The third-order valence-corrected chi connectivity index (χ3v) is 5.17. The maximum Gasteiger partial charge on any atom is 0.250 e. The molecule has 6 heteroatoms. The van der Waals surface area contributed by atoms with E-state index in [4.69, 9.17) is 0 Å². The van der Waals surface area contributed by atoms with Crippen LogP contribution in [0.15, 0.2) is 40.0 Å². The molecule has 3 aromatic rings. The number of carbonyl (C=O) groups is 1. The van der Waals surface area contributed by atoms with Crippen LogP contribution < -0.4 is 0 Å². The lowest BCUT2D eigenvalue weighted by molar-refractivity contribution is -0.117. The largest absolute Gasteiger partial charge is 0.494 e. The van der Waals surface area contributed by atoms with Crippen molar-refractivity contribution < 1.29 is 9.90 Å². The highest BCUT2D eigenvalue weighted by atomic mass is 32.1. The molecule has 0 aliphatic carbocycles. The van der Waals surface area contributed by atoms with Crippen LogP contribution in [0.5, 0.6) is 5.88 Å². The van der Waals surface area contributed by atoms with Gasteiger partial charge < -0.3 is 10.1 Å². The third-order valence-electron chi connectivity index (χ3n) is 3.41. The highest BCUT2D eigenvalue weighted by molar-refractivity contribution is 7.13. The molecule has 0 aromatic carbocycles. The molecular formula is C15H10N2O2S2. The van der Waals surface area contributed by atoms with Gasteiger partial charge in [-0.3, -0.25) is 4.79 Å². The van der Waals surface area contributed by atoms with Crippen molar-refractivity contribution in [2.45, 2.75) is 6.42 Å². The Morgan fingerprint density at radius 3 is 2.52 bits per heavy atom. The Balaban J connectivity index is 1.96. The second-order valence-electron chi connectivity index (χ2n) is 4.69. The quantitative estimate of drug-likeness (QED) is 0.761. The van der Waals surface area contributed by atoms with Gasteiger partial charge in [0.1, 0.15) is 0 Å². The van der Waals surface area contributed by atoms with Crippen molar-refractivity contribution in [3.63, 3.8) is 0 Å². The monoisotopic (exact) mass is 314 g/mol. The zero-order chi connectivity index (χ0) is 14.4. The highest BCUT2D eigenvalue weighted by Gasteiger charge is 2.29.